The van der Waals surface area contributed by atoms with Crippen molar-refractivity contribution < 1.29 is 8.42 Å². The molecule has 0 aliphatic carbocycles. The molecule has 0 radical (unpaired) electrons. The number of tetrazole rings is 1. The third kappa shape index (κ3) is 3.38. The minimum atomic E-state index is -3.23. The zero-order valence-corrected chi connectivity index (χ0v) is 15.5. The number of benzene rings is 1. The van der Waals surface area contributed by atoms with Gasteiger partial charge in [0.25, 0.3) is 0 Å². The van der Waals surface area contributed by atoms with Crippen molar-refractivity contribution >= 4 is 43.2 Å². The molecule has 0 atom stereocenters. The molecule has 0 saturated carbocycles. The monoisotopic (exact) mass is 369 g/mol. The minimum Gasteiger partial charge on any atom is -0.229 e. The van der Waals surface area contributed by atoms with Crippen LogP contribution in [0.4, 0.5) is 0 Å². The van der Waals surface area contributed by atoms with Gasteiger partial charge in [0.15, 0.2) is 14.2 Å². The third-order valence-corrected chi connectivity index (χ3v) is 6.15. The normalized spacial score (nSPS) is 12.9. The summed E-state index contributed by atoms with van der Waals surface area (Å²) < 4.78 is 26.6. The van der Waals surface area contributed by atoms with Crippen molar-refractivity contribution in [3.63, 3.8) is 0 Å². The van der Waals surface area contributed by atoms with E-state index in [-0.39, 0.29) is 5.54 Å². The van der Waals surface area contributed by atoms with E-state index in [9.17, 15) is 8.42 Å². The van der Waals surface area contributed by atoms with Crippen LogP contribution >= 0.6 is 23.1 Å². The van der Waals surface area contributed by atoms with E-state index in [1.807, 2.05) is 20.8 Å². The molecule has 122 valence electrons. The van der Waals surface area contributed by atoms with Gasteiger partial charge in [-0.25, -0.2) is 18.1 Å². The highest BCUT2D eigenvalue weighted by Gasteiger charge is 2.21. The fourth-order valence-electron chi connectivity index (χ4n) is 1.90. The zero-order chi connectivity index (χ0) is 16.8. The quantitative estimate of drug-likeness (QED) is 0.701. The summed E-state index contributed by atoms with van der Waals surface area (Å²) in [6.45, 7) is 6.05. The van der Waals surface area contributed by atoms with Gasteiger partial charge < -0.3 is 0 Å². The molecule has 0 amide bonds. The van der Waals surface area contributed by atoms with Crippen LogP contribution in [0, 0.1) is 0 Å². The van der Waals surface area contributed by atoms with Crippen LogP contribution in [0.15, 0.2) is 32.6 Å². The molecule has 0 aliphatic heterocycles. The molecule has 1 aromatic carbocycles. The Morgan fingerprint density at radius 2 is 2.00 bits per heavy atom. The number of nitrogens with zero attached hydrogens (tertiary/aromatic N) is 5. The Morgan fingerprint density at radius 3 is 2.65 bits per heavy atom. The van der Waals surface area contributed by atoms with Crippen LogP contribution in [0.25, 0.3) is 10.2 Å². The second-order valence-corrected chi connectivity index (χ2v) is 10.3. The van der Waals surface area contributed by atoms with E-state index in [1.165, 1.54) is 29.4 Å². The van der Waals surface area contributed by atoms with E-state index >= 15 is 0 Å². The maximum Gasteiger partial charge on any atom is 0.216 e. The molecule has 0 bridgehead atoms. The van der Waals surface area contributed by atoms with Gasteiger partial charge in [-0.05, 0) is 61.2 Å². The Kier molecular flexibility index (Phi) is 3.93. The Balaban J connectivity index is 1.98. The third-order valence-electron chi connectivity index (χ3n) is 3.02. The molecule has 0 saturated heterocycles. The SMILES string of the molecule is CC(C)(C)n1nnnc1Sc1nc2ccc(S(C)(=O)=O)cc2s1. The van der Waals surface area contributed by atoms with Crippen LogP contribution in [0.3, 0.4) is 0 Å². The molecule has 3 rings (SSSR count). The molecule has 0 spiro atoms. The number of sulfone groups is 1. The molecule has 0 fully saturated rings. The number of rotatable bonds is 3. The molecule has 10 heteroatoms. The van der Waals surface area contributed by atoms with Gasteiger partial charge in [-0.15, -0.1) is 16.4 Å². The summed E-state index contributed by atoms with van der Waals surface area (Å²) in [5.74, 6) is 0. The number of hydrogen-bond acceptors (Lipinski definition) is 8. The van der Waals surface area contributed by atoms with Crippen LogP contribution in [-0.4, -0.2) is 39.9 Å². The van der Waals surface area contributed by atoms with Gasteiger partial charge in [0.1, 0.15) is 0 Å². The summed E-state index contributed by atoms with van der Waals surface area (Å²) in [6, 6.07) is 4.95. The molecule has 0 aliphatic rings. The number of hydrogen-bond donors (Lipinski definition) is 0. The Morgan fingerprint density at radius 1 is 1.26 bits per heavy atom. The average Bonchev–Trinajstić information content (AvgIpc) is 3.02. The molecule has 0 unspecified atom stereocenters. The zero-order valence-electron chi connectivity index (χ0n) is 13.0. The highest BCUT2D eigenvalue weighted by atomic mass is 32.2. The van der Waals surface area contributed by atoms with Gasteiger partial charge in [-0.3, -0.25) is 0 Å². The number of fused-ring (bicyclic) bond motifs is 1. The van der Waals surface area contributed by atoms with Crippen molar-refractivity contribution in [3.8, 4) is 0 Å². The summed E-state index contributed by atoms with van der Waals surface area (Å²) in [7, 11) is -3.23. The molecule has 2 heterocycles. The van der Waals surface area contributed by atoms with E-state index < -0.39 is 9.84 Å². The highest BCUT2D eigenvalue weighted by molar-refractivity contribution is 8.01. The first kappa shape index (κ1) is 16.3. The van der Waals surface area contributed by atoms with Crippen molar-refractivity contribution in [2.75, 3.05) is 6.26 Å². The van der Waals surface area contributed by atoms with Gasteiger partial charge >= 0.3 is 0 Å². The fourth-order valence-corrected chi connectivity index (χ4v) is 4.79. The van der Waals surface area contributed by atoms with E-state index in [4.69, 9.17) is 0 Å². The molecule has 23 heavy (non-hydrogen) atoms. The Hall–Kier alpha value is -1.52. The number of aromatic nitrogens is 5. The fraction of sp³-hybridized carbons (Fsp3) is 0.385. The smallest absolute Gasteiger partial charge is 0.216 e. The van der Waals surface area contributed by atoms with Crippen molar-refractivity contribution in [2.24, 2.45) is 0 Å². The van der Waals surface area contributed by atoms with Crippen LogP contribution in [0.5, 0.6) is 0 Å². The van der Waals surface area contributed by atoms with Crippen LogP contribution in [0.1, 0.15) is 20.8 Å². The lowest BCUT2D eigenvalue weighted by atomic mass is 10.1. The first-order valence-corrected chi connectivity index (χ1v) is 10.2. The topological polar surface area (TPSA) is 90.6 Å². The second-order valence-electron chi connectivity index (χ2n) is 6.03. The van der Waals surface area contributed by atoms with Crippen molar-refractivity contribution in [3.05, 3.63) is 18.2 Å². The minimum absolute atomic E-state index is 0.230. The van der Waals surface area contributed by atoms with Crippen LogP contribution < -0.4 is 0 Å². The summed E-state index contributed by atoms with van der Waals surface area (Å²) >= 11 is 2.80. The average molecular weight is 369 g/mol. The molecule has 0 N–H and O–H groups in total. The predicted octanol–water partition coefficient (Wildman–Crippen LogP) is 2.59. The van der Waals surface area contributed by atoms with E-state index in [0.717, 1.165) is 14.6 Å². The van der Waals surface area contributed by atoms with Gasteiger partial charge in [0.2, 0.25) is 5.16 Å². The van der Waals surface area contributed by atoms with Gasteiger partial charge in [-0.1, -0.05) is 0 Å². The molecular weight excluding hydrogens is 354 g/mol. The maximum atomic E-state index is 11.6. The van der Waals surface area contributed by atoms with Gasteiger partial charge in [0, 0.05) is 6.26 Å². The Labute approximate surface area is 142 Å². The molecule has 3 aromatic rings. The van der Waals surface area contributed by atoms with Crippen molar-refractivity contribution in [2.45, 2.75) is 40.7 Å². The molecule has 7 nitrogen and oxygen atoms in total. The summed E-state index contributed by atoms with van der Waals surface area (Å²) in [6.07, 6.45) is 1.20. The molecular formula is C13H15N5O2S3. The van der Waals surface area contributed by atoms with E-state index in [1.54, 1.807) is 22.9 Å². The van der Waals surface area contributed by atoms with Gasteiger partial charge in [0.05, 0.1) is 20.7 Å². The summed E-state index contributed by atoms with van der Waals surface area (Å²) in [5.41, 5.74) is 0.533. The van der Waals surface area contributed by atoms with E-state index in [2.05, 4.69) is 20.5 Å². The van der Waals surface area contributed by atoms with Crippen molar-refractivity contribution in [1.82, 2.24) is 25.2 Å². The standard InChI is InChI=1S/C13H15N5O2S3/c1-13(2,3)18-11(15-16-17-18)22-12-14-9-6-5-8(23(4,19)20)7-10(9)21-12/h5-7H,1-4H3. The van der Waals surface area contributed by atoms with Crippen molar-refractivity contribution in [1.29, 1.82) is 0 Å². The first-order valence-electron chi connectivity index (χ1n) is 6.72. The summed E-state index contributed by atoms with van der Waals surface area (Å²) in [4.78, 5) is 4.81. The Bertz CT molecular complexity index is 969. The van der Waals surface area contributed by atoms with E-state index in [0.29, 0.717) is 10.1 Å². The largest absolute Gasteiger partial charge is 0.229 e. The van der Waals surface area contributed by atoms with Crippen LogP contribution in [-0.2, 0) is 15.4 Å². The first-order chi connectivity index (χ1) is 10.6. The lowest BCUT2D eigenvalue weighted by molar-refractivity contribution is 0.321. The highest BCUT2D eigenvalue weighted by Crippen LogP contribution is 2.35. The molecule has 2 aromatic heterocycles. The number of thiazole rings is 1. The second kappa shape index (κ2) is 5.53. The predicted molar refractivity (Wildman–Crippen MR) is 89.7 cm³/mol. The maximum absolute atomic E-state index is 11.6. The lowest BCUT2D eigenvalue weighted by Crippen LogP contribution is -2.24. The summed E-state index contributed by atoms with van der Waals surface area (Å²) in [5, 5.41) is 12.4. The lowest BCUT2D eigenvalue weighted by Gasteiger charge is -2.18. The van der Waals surface area contributed by atoms with Gasteiger partial charge in [-0.2, -0.15) is 0 Å². The van der Waals surface area contributed by atoms with Crippen LogP contribution in [0.2, 0.25) is 0 Å².